The average molecular weight is 387 g/mol. The van der Waals surface area contributed by atoms with Gasteiger partial charge < -0.3 is 19.7 Å². The summed E-state index contributed by atoms with van der Waals surface area (Å²) in [5, 5.41) is 13.7. The molecule has 2 heterocycles. The molecule has 0 aliphatic carbocycles. The zero-order chi connectivity index (χ0) is 20.3. The molecule has 1 atom stereocenters. The summed E-state index contributed by atoms with van der Waals surface area (Å²) < 4.78 is 8.47. The molecule has 9 nitrogen and oxygen atoms in total. The van der Waals surface area contributed by atoms with Gasteiger partial charge in [0.1, 0.15) is 18.5 Å². The average Bonchev–Trinajstić information content (AvgIpc) is 3.02. The van der Waals surface area contributed by atoms with Gasteiger partial charge in [0, 0.05) is 13.6 Å². The number of ether oxygens (including phenoxy) is 1. The Balaban J connectivity index is 1.90. The van der Waals surface area contributed by atoms with Crippen molar-refractivity contribution in [3.8, 4) is 5.75 Å². The van der Waals surface area contributed by atoms with Crippen LogP contribution in [0.2, 0.25) is 0 Å². The summed E-state index contributed by atoms with van der Waals surface area (Å²) in [6.45, 7) is 4.87. The Morgan fingerprint density at radius 2 is 1.96 bits per heavy atom. The number of fused-ring (bicyclic) bond motifs is 1. The normalized spacial score (nSPS) is 12.5. The Kier molecular flexibility index (Phi) is 5.84. The van der Waals surface area contributed by atoms with E-state index in [0.717, 1.165) is 0 Å². The predicted octanol–water partition coefficient (Wildman–Crippen LogP) is 0.931. The number of imidazole rings is 1. The van der Waals surface area contributed by atoms with E-state index < -0.39 is 17.4 Å². The Hall–Kier alpha value is -3.07. The molecule has 0 radical (unpaired) electrons. The first-order valence-corrected chi connectivity index (χ1v) is 9.16. The minimum Gasteiger partial charge on any atom is -0.491 e. The molecule has 0 fully saturated rings. The number of nitrogens with one attached hydrogen (secondary N) is 2. The molecule has 3 aromatic rings. The first-order chi connectivity index (χ1) is 13.4. The van der Waals surface area contributed by atoms with E-state index in [-0.39, 0.29) is 24.3 Å². The number of nitrogens with zero attached hydrogens (tertiary/aromatic N) is 3. The summed E-state index contributed by atoms with van der Waals surface area (Å²) in [6, 6.07) is 9.17. The first-order valence-electron chi connectivity index (χ1n) is 9.16. The second kappa shape index (κ2) is 8.30. The van der Waals surface area contributed by atoms with E-state index >= 15 is 0 Å². The van der Waals surface area contributed by atoms with Crippen LogP contribution in [0.5, 0.6) is 5.75 Å². The summed E-state index contributed by atoms with van der Waals surface area (Å²) in [6.07, 6.45) is -0.881. The van der Waals surface area contributed by atoms with Gasteiger partial charge in [-0.2, -0.15) is 4.98 Å². The third-order valence-corrected chi connectivity index (χ3v) is 4.25. The number of benzene rings is 1. The second-order valence-corrected chi connectivity index (χ2v) is 7.09. The minimum atomic E-state index is -0.881. The summed E-state index contributed by atoms with van der Waals surface area (Å²) in [5.74, 6) is 1.42. The highest BCUT2D eigenvalue weighted by Crippen LogP contribution is 2.17. The van der Waals surface area contributed by atoms with Gasteiger partial charge >= 0.3 is 5.69 Å². The molecule has 1 aromatic carbocycles. The van der Waals surface area contributed by atoms with Crippen molar-refractivity contribution in [2.45, 2.75) is 26.5 Å². The van der Waals surface area contributed by atoms with Gasteiger partial charge in [0.25, 0.3) is 5.56 Å². The van der Waals surface area contributed by atoms with Crippen LogP contribution in [0.3, 0.4) is 0 Å². The van der Waals surface area contributed by atoms with Crippen LogP contribution in [-0.4, -0.2) is 43.5 Å². The number of hydrogen-bond acceptors (Lipinski definition) is 6. The first kappa shape index (κ1) is 19.7. The van der Waals surface area contributed by atoms with Gasteiger partial charge in [-0.25, -0.2) is 4.79 Å². The topological polar surface area (TPSA) is 114 Å². The molecule has 150 valence electrons. The standard InChI is InChI=1S/C19H25N5O4/c1-12(2)9-20-18-21-16-15(17(26)22-19(27)23(16)3)24(18)10-13(25)11-28-14-7-5-4-6-8-14/h4-8,12-13,25H,9-11H2,1-3H3,(H,20,21)(H,22,26,27)/t13-/m0/s1. The molecule has 3 rings (SSSR count). The maximum Gasteiger partial charge on any atom is 0.329 e. The number of rotatable bonds is 8. The smallest absolute Gasteiger partial charge is 0.329 e. The van der Waals surface area contributed by atoms with E-state index in [0.29, 0.717) is 24.2 Å². The quantitative estimate of drug-likeness (QED) is 0.530. The fraction of sp³-hybridized carbons (Fsp3) is 0.421. The fourth-order valence-electron chi connectivity index (χ4n) is 2.82. The van der Waals surface area contributed by atoms with Gasteiger partial charge in [-0.1, -0.05) is 32.0 Å². The third kappa shape index (κ3) is 4.25. The van der Waals surface area contributed by atoms with Crippen molar-refractivity contribution in [3.05, 3.63) is 51.2 Å². The number of H-pyrrole nitrogens is 1. The molecule has 0 spiro atoms. The van der Waals surface area contributed by atoms with Crippen molar-refractivity contribution in [2.24, 2.45) is 13.0 Å². The summed E-state index contributed by atoms with van der Waals surface area (Å²) in [5.41, 5.74) is -0.590. The van der Waals surface area contributed by atoms with Crippen LogP contribution >= 0.6 is 0 Å². The molecule has 28 heavy (non-hydrogen) atoms. The maximum atomic E-state index is 12.4. The number of aliphatic hydroxyl groups is 1. The van der Waals surface area contributed by atoms with Gasteiger partial charge in [-0.05, 0) is 18.1 Å². The molecule has 0 aliphatic heterocycles. The summed E-state index contributed by atoms with van der Waals surface area (Å²) in [7, 11) is 1.54. The van der Waals surface area contributed by atoms with Crippen molar-refractivity contribution >= 4 is 17.1 Å². The molecular formula is C19H25N5O4. The molecule has 0 saturated carbocycles. The lowest BCUT2D eigenvalue weighted by molar-refractivity contribution is 0.0938. The number of para-hydroxylation sites is 1. The van der Waals surface area contributed by atoms with Crippen molar-refractivity contribution in [3.63, 3.8) is 0 Å². The highest BCUT2D eigenvalue weighted by molar-refractivity contribution is 5.74. The number of anilines is 1. The third-order valence-electron chi connectivity index (χ3n) is 4.25. The van der Waals surface area contributed by atoms with Crippen LogP contribution in [0.1, 0.15) is 13.8 Å². The van der Waals surface area contributed by atoms with E-state index in [1.807, 2.05) is 32.0 Å². The van der Waals surface area contributed by atoms with Gasteiger partial charge in [0.15, 0.2) is 11.2 Å². The number of hydrogen-bond donors (Lipinski definition) is 3. The number of aliphatic hydroxyl groups excluding tert-OH is 1. The van der Waals surface area contributed by atoms with Crippen molar-refractivity contribution < 1.29 is 9.84 Å². The van der Waals surface area contributed by atoms with Crippen LogP contribution in [0.4, 0.5) is 5.95 Å². The number of aromatic nitrogens is 4. The molecule has 0 bridgehead atoms. The monoisotopic (exact) mass is 387 g/mol. The predicted molar refractivity (Wildman–Crippen MR) is 107 cm³/mol. The van der Waals surface area contributed by atoms with Crippen LogP contribution in [-0.2, 0) is 13.6 Å². The van der Waals surface area contributed by atoms with E-state index in [1.54, 1.807) is 23.7 Å². The molecule has 3 N–H and O–H groups in total. The molecule has 2 aromatic heterocycles. The van der Waals surface area contributed by atoms with Gasteiger partial charge in [-0.15, -0.1) is 0 Å². The zero-order valence-corrected chi connectivity index (χ0v) is 16.2. The van der Waals surface area contributed by atoms with Gasteiger partial charge in [0.2, 0.25) is 5.95 Å². The van der Waals surface area contributed by atoms with Gasteiger partial charge in [0.05, 0.1) is 6.54 Å². The van der Waals surface area contributed by atoms with Crippen LogP contribution in [0.25, 0.3) is 11.2 Å². The number of aryl methyl sites for hydroxylation is 1. The molecule has 0 aliphatic rings. The van der Waals surface area contributed by atoms with E-state index in [2.05, 4.69) is 15.3 Å². The van der Waals surface area contributed by atoms with E-state index in [9.17, 15) is 14.7 Å². The summed E-state index contributed by atoms with van der Waals surface area (Å²) >= 11 is 0. The Morgan fingerprint density at radius 1 is 1.25 bits per heavy atom. The Labute approximate surface area is 161 Å². The Morgan fingerprint density at radius 3 is 2.64 bits per heavy atom. The molecule has 0 saturated heterocycles. The second-order valence-electron chi connectivity index (χ2n) is 7.09. The molecule has 0 unspecified atom stereocenters. The van der Waals surface area contributed by atoms with E-state index in [4.69, 9.17) is 4.74 Å². The highest BCUT2D eigenvalue weighted by atomic mass is 16.5. The SMILES string of the molecule is CC(C)CNc1nc2c(c(=O)[nH]c(=O)n2C)n1C[C@H](O)COc1ccccc1. The largest absolute Gasteiger partial charge is 0.491 e. The fourth-order valence-corrected chi connectivity index (χ4v) is 2.82. The van der Waals surface area contributed by atoms with Crippen LogP contribution < -0.4 is 21.3 Å². The number of aromatic amines is 1. The highest BCUT2D eigenvalue weighted by Gasteiger charge is 2.20. The minimum absolute atomic E-state index is 0.0526. The van der Waals surface area contributed by atoms with Gasteiger partial charge in [-0.3, -0.25) is 14.3 Å². The Bertz CT molecular complexity index is 1050. The zero-order valence-electron chi connectivity index (χ0n) is 16.2. The molecule has 9 heteroatoms. The van der Waals surface area contributed by atoms with Crippen LogP contribution in [0, 0.1) is 5.92 Å². The van der Waals surface area contributed by atoms with Crippen LogP contribution in [0.15, 0.2) is 39.9 Å². The van der Waals surface area contributed by atoms with Crippen molar-refractivity contribution in [2.75, 3.05) is 18.5 Å². The lowest BCUT2D eigenvalue weighted by atomic mass is 10.2. The van der Waals surface area contributed by atoms with Crippen molar-refractivity contribution in [1.82, 2.24) is 19.1 Å². The van der Waals surface area contributed by atoms with E-state index in [1.165, 1.54) is 4.57 Å². The maximum absolute atomic E-state index is 12.4. The molecular weight excluding hydrogens is 362 g/mol. The van der Waals surface area contributed by atoms with Crippen molar-refractivity contribution in [1.29, 1.82) is 0 Å². The lowest BCUT2D eigenvalue weighted by Gasteiger charge is -2.16. The molecule has 0 amide bonds. The summed E-state index contributed by atoms with van der Waals surface area (Å²) in [4.78, 5) is 31.0. The lowest BCUT2D eigenvalue weighted by Crippen LogP contribution is -2.31.